The third-order valence-electron chi connectivity index (χ3n) is 2.19. The molecule has 0 heterocycles. The first-order valence-corrected chi connectivity index (χ1v) is 4.70. The molecule has 1 aromatic carbocycles. The summed E-state index contributed by atoms with van der Waals surface area (Å²) in [5.74, 6) is 4.89. The third kappa shape index (κ3) is 2.47. The fourth-order valence-corrected chi connectivity index (χ4v) is 1.43. The summed E-state index contributed by atoms with van der Waals surface area (Å²) in [6, 6.07) is 4.63. The number of nitrogens with two attached hydrogens (primary N) is 1. The van der Waals surface area contributed by atoms with Gasteiger partial charge in [0.25, 0.3) is 5.91 Å². The van der Waals surface area contributed by atoms with Gasteiger partial charge in [-0.3, -0.25) is 10.2 Å². The molecule has 15 heavy (non-hydrogen) atoms. The molecule has 0 bridgehead atoms. The Labute approximate surface area is 89.1 Å². The monoisotopic (exact) mass is 208 g/mol. The van der Waals surface area contributed by atoms with E-state index in [4.69, 9.17) is 5.84 Å². The second kappa shape index (κ2) is 3.90. The highest BCUT2D eigenvalue weighted by Crippen LogP contribution is 2.28. The van der Waals surface area contributed by atoms with Crippen molar-refractivity contribution in [3.8, 4) is 5.75 Å². The molecular formula is C11H16N2O2. The van der Waals surface area contributed by atoms with Gasteiger partial charge in [0.05, 0.1) is 0 Å². The number of benzene rings is 1. The predicted octanol–water partition coefficient (Wildman–Crippen LogP) is 1.29. The molecule has 0 saturated carbocycles. The maximum absolute atomic E-state index is 11.5. The van der Waals surface area contributed by atoms with Gasteiger partial charge in [-0.1, -0.05) is 20.8 Å². The molecule has 0 atom stereocenters. The molecule has 1 aromatic rings. The molecule has 0 saturated heterocycles. The Morgan fingerprint density at radius 1 is 1.40 bits per heavy atom. The van der Waals surface area contributed by atoms with Crippen molar-refractivity contribution in [1.82, 2.24) is 5.43 Å². The average Bonchev–Trinajstić information content (AvgIpc) is 2.15. The molecule has 0 aromatic heterocycles. The normalized spacial score (nSPS) is 11.2. The lowest BCUT2D eigenvalue weighted by molar-refractivity contribution is 0.0951. The Bertz CT molecular complexity index is 381. The van der Waals surface area contributed by atoms with Crippen molar-refractivity contribution in [2.24, 2.45) is 5.84 Å². The topological polar surface area (TPSA) is 75.3 Å². The number of hydrogen-bond acceptors (Lipinski definition) is 3. The largest absolute Gasteiger partial charge is 0.508 e. The van der Waals surface area contributed by atoms with Crippen LogP contribution in [-0.4, -0.2) is 11.0 Å². The summed E-state index contributed by atoms with van der Waals surface area (Å²) < 4.78 is 0. The molecule has 1 rings (SSSR count). The first kappa shape index (κ1) is 11.5. The first-order chi connectivity index (χ1) is 6.86. The van der Waals surface area contributed by atoms with Crippen LogP contribution in [0.4, 0.5) is 0 Å². The number of phenols is 1. The highest BCUT2D eigenvalue weighted by Gasteiger charge is 2.21. The van der Waals surface area contributed by atoms with Crippen LogP contribution in [0.5, 0.6) is 5.75 Å². The lowest BCUT2D eigenvalue weighted by atomic mass is 9.83. The van der Waals surface area contributed by atoms with E-state index in [9.17, 15) is 9.90 Å². The lowest BCUT2D eigenvalue weighted by Gasteiger charge is -2.22. The van der Waals surface area contributed by atoms with Crippen molar-refractivity contribution in [2.45, 2.75) is 26.2 Å². The van der Waals surface area contributed by atoms with Crippen molar-refractivity contribution in [3.05, 3.63) is 29.3 Å². The number of amides is 1. The van der Waals surface area contributed by atoms with E-state index in [1.807, 2.05) is 20.8 Å². The zero-order chi connectivity index (χ0) is 11.6. The molecule has 0 aliphatic rings. The number of carbonyl (C=O) groups is 1. The number of carbonyl (C=O) groups excluding carboxylic acids is 1. The summed E-state index contributed by atoms with van der Waals surface area (Å²) in [6.07, 6.45) is 0. The van der Waals surface area contributed by atoms with Gasteiger partial charge < -0.3 is 5.11 Å². The Morgan fingerprint density at radius 2 is 2.00 bits per heavy atom. The molecule has 0 spiro atoms. The van der Waals surface area contributed by atoms with Crippen LogP contribution in [0.25, 0.3) is 0 Å². The second-order valence-corrected chi connectivity index (χ2v) is 4.45. The molecule has 82 valence electrons. The van der Waals surface area contributed by atoms with Gasteiger partial charge >= 0.3 is 0 Å². The maximum Gasteiger partial charge on any atom is 0.265 e. The molecule has 4 nitrogen and oxygen atoms in total. The molecule has 4 heteroatoms. The minimum Gasteiger partial charge on any atom is -0.508 e. The summed E-state index contributed by atoms with van der Waals surface area (Å²) in [7, 11) is 0. The SMILES string of the molecule is CC(C)(C)c1cc(O)ccc1C(=O)NN. The van der Waals surface area contributed by atoms with E-state index in [1.54, 1.807) is 12.1 Å². The van der Waals surface area contributed by atoms with Gasteiger partial charge in [-0.25, -0.2) is 5.84 Å². The van der Waals surface area contributed by atoms with Gasteiger partial charge in [0.15, 0.2) is 0 Å². The predicted molar refractivity (Wildman–Crippen MR) is 58.5 cm³/mol. The van der Waals surface area contributed by atoms with Crippen molar-refractivity contribution in [1.29, 1.82) is 0 Å². The molecule has 0 aliphatic carbocycles. The maximum atomic E-state index is 11.5. The quantitative estimate of drug-likeness (QED) is 0.370. The molecule has 0 unspecified atom stereocenters. The van der Waals surface area contributed by atoms with E-state index < -0.39 is 0 Å². The smallest absolute Gasteiger partial charge is 0.265 e. The van der Waals surface area contributed by atoms with E-state index in [0.717, 1.165) is 5.56 Å². The van der Waals surface area contributed by atoms with Crippen LogP contribution in [0.3, 0.4) is 0 Å². The van der Waals surface area contributed by atoms with Crippen LogP contribution in [0.2, 0.25) is 0 Å². The zero-order valence-electron chi connectivity index (χ0n) is 9.16. The number of hydrogen-bond donors (Lipinski definition) is 3. The van der Waals surface area contributed by atoms with E-state index in [0.29, 0.717) is 5.56 Å². The minimum atomic E-state index is -0.347. The Morgan fingerprint density at radius 3 is 2.47 bits per heavy atom. The van der Waals surface area contributed by atoms with Crippen LogP contribution in [0.1, 0.15) is 36.7 Å². The Balaban J connectivity index is 3.33. The number of aromatic hydroxyl groups is 1. The average molecular weight is 208 g/mol. The van der Waals surface area contributed by atoms with Gasteiger partial charge in [0.2, 0.25) is 0 Å². The van der Waals surface area contributed by atoms with Gasteiger partial charge in [0.1, 0.15) is 5.75 Å². The van der Waals surface area contributed by atoms with Gasteiger partial charge in [-0.15, -0.1) is 0 Å². The van der Waals surface area contributed by atoms with Gasteiger partial charge in [0, 0.05) is 5.56 Å². The van der Waals surface area contributed by atoms with E-state index >= 15 is 0 Å². The minimum absolute atomic E-state index is 0.147. The second-order valence-electron chi connectivity index (χ2n) is 4.45. The number of phenolic OH excluding ortho intramolecular Hbond substituents is 1. The van der Waals surface area contributed by atoms with Crippen LogP contribution in [-0.2, 0) is 5.41 Å². The Kier molecular flexibility index (Phi) is 3.00. The van der Waals surface area contributed by atoms with Crippen LogP contribution < -0.4 is 11.3 Å². The van der Waals surface area contributed by atoms with Crippen molar-refractivity contribution >= 4 is 5.91 Å². The van der Waals surface area contributed by atoms with Crippen LogP contribution in [0, 0.1) is 0 Å². The summed E-state index contributed by atoms with van der Waals surface area (Å²) >= 11 is 0. The van der Waals surface area contributed by atoms with Crippen LogP contribution >= 0.6 is 0 Å². The standard InChI is InChI=1S/C11H16N2O2/c1-11(2,3)9-6-7(14)4-5-8(9)10(15)13-12/h4-6,14H,12H2,1-3H3,(H,13,15). The summed E-state index contributed by atoms with van der Waals surface area (Å²) in [5.41, 5.74) is 3.13. The molecular weight excluding hydrogens is 192 g/mol. The van der Waals surface area contributed by atoms with E-state index in [2.05, 4.69) is 5.43 Å². The summed E-state index contributed by atoms with van der Waals surface area (Å²) in [4.78, 5) is 11.5. The highest BCUT2D eigenvalue weighted by molar-refractivity contribution is 5.95. The van der Waals surface area contributed by atoms with Crippen molar-refractivity contribution < 1.29 is 9.90 Å². The zero-order valence-corrected chi connectivity index (χ0v) is 9.16. The lowest BCUT2D eigenvalue weighted by Crippen LogP contribution is -2.32. The van der Waals surface area contributed by atoms with Gasteiger partial charge in [-0.05, 0) is 29.2 Å². The number of nitrogen functional groups attached to an aromatic ring is 1. The first-order valence-electron chi connectivity index (χ1n) is 4.70. The molecule has 4 N–H and O–H groups in total. The van der Waals surface area contributed by atoms with Crippen LogP contribution in [0.15, 0.2) is 18.2 Å². The fraction of sp³-hybridized carbons (Fsp3) is 0.364. The van der Waals surface area contributed by atoms with E-state index in [-0.39, 0.29) is 17.1 Å². The summed E-state index contributed by atoms with van der Waals surface area (Å²) in [5, 5.41) is 9.39. The third-order valence-corrected chi connectivity index (χ3v) is 2.19. The van der Waals surface area contributed by atoms with Gasteiger partial charge in [-0.2, -0.15) is 0 Å². The highest BCUT2D eigenvalue weighted by atomic mass is 16.3. The van der Waals surface area contributed by atoms with Crippen molar-refractivity contribution in [2.75, 3.05) is 0 Å². The number of nitrogens with one attached hydrogen (secondary N) is 1. The summed E-state index contributed by atoms with van der Waals surface area (Å²) in [6.45, 7) is 5.90. The molecule has 0 aliphatic heterocycles. The number of rotatable bonds is 1. The fourth-order valence-electron chi connectivity index (χ4n) is 1.43. The van der Waals surface area contributed by atoms with Crippen molar-refractivity contribution in [3.63, 3.8) is 0 Å². The van der Waals surface area contributed by atoms with E-state index in [1.165, 1.54) is 6.07 Å². The molecule has 0 fully saturated rings. The molecule has 1 amide bonds. The number of hydrazine groups is 1. The molecule has 0 radical (unpaired) electrons. The Hall–Kier alpha value is -1.55.